The Hall–Kier alpha value is -2.89. The average molecular weight is 422 g/mol. The number of nitrogens with zero attached hydrogens (tertiary/aromatic N) is 2. The van der Waals surface area contributed by atoms with Gasteiger partial charge in [-0.25, -0.2) is 0 Å². The van der Waals surface area contributed by atoms with Crippen LogP contribution in [0.25, 0.3) is 10.8 Å². The maximum atomic E-state index is 13.3. The van der Waals surface area contributed by atoms with Crippen LogP contribution in [0.4, 0.5) is 0 Å². The molecule has 6 nitrogen and oxygen atoms in total. The van der Waals surface area contributed by atoms with E-state index in [2.05, 4.69) is 5.32 Å². The summed E-state index contributed by atoms with van der Waals surface area (Å²) in [6, 6.07) is 13.1. The van der Waals surface area contributed by atoms with Crippen LogP contribution in [0.1, 0.15) is 49.4 Å². The Morgan fingerprint density at radius 2 is 1.61 bits per heavy atom. The number of carbonyl (C=O) groups excluding carboxylic acids is 3. The lowest BCUT2D eigenvalue weighted by Crippen LogP contribution is -2.52. The van der Waals surface area contributed by atoms with Gasteiger partial charge in [-0.1, -0.05) is 36.4 Å². The maximum absolute atomic E-state index is 13.3. The van der Waals surface area contributed by atoms with Crippen LogP contribution in [0.2, 0.25) is 0 Å². The highest BCUT2D eigenvalue weighted by atomic mass is 16.2. The summed E-state index contributed by atoms with van der Waals surface area (Å²) in [5, 5.41) is 4.87. The smallest absolute Gasteiger partial charge is 0.254 e. The van der Waals surface area contributed by atoms with Gasteiger partial charge in [0.1, 0.15) is 6.04 Å². The zero-order valence-electron chi connectivity index (χ0n) is 18.2. The molecule has 1 unspecified atom stereocenters. The van der Waals surface area contributed by atoms with E-state index < -0.39 is 6.04 Å². The SMILES string of the molecule is C[C@H](NC(=O)C1CCCN(C(=O)c2cccc3ccccc23)C1)C(=O)N1CCCCC1. The topological polar surface area (TPSA) is 69.7 Å². The molecule has 2 aliphatic heterocycles. The van der Waals surface area contributed by atoms with Crippen molar-refractivity contribution in [3.63, 3.8) is 0 Å². The molecule has 6 heteroatoms. The highest BCUT2D eigenvalue weighted by Crippen LogP contribution is 2.24. The fourth-order valence-electron chi connectivity index (χ4n) is 4.74. The molecule has 2 heterocycles. The summed E-state index contributed by atoms with van der Waals surface area (Å²) in [7, 11) is 0. The van der Waals surface area contributed by atoms with Gasteiger partial charge >= 0.3 is 0 Å². The monoisotopic (exact) mass is 421 g/mol. The van der Waals surface area contributed by atoms with Gasteiger partial charge in [-0.15, -0.1) is 0 Å². The number of fused-ring (bicyclic) bond motifs is 1. The van der Waals surface area contributed by atoms with Crippen molar-refractivity contribution in [1.82, 2.24) is 15.1 Å². The predicted molar refractivity (Wildman–Crippen MR) is 121 cm³/mol. The minimum absolute atomic E-state index is 0.00690. The van der Waals surface area contributed by atoms with Crippen molar-refractivity contribution in [3.05, 3.63) is 48.0 Å². The lowest BCUT2D eigenvalue weighted by atomic mass is 9.95. The van der Waals surface area contributed by atoms with Crippen LogP contribution < -0.4 is 5.32 Å². The molecule has 31 heavy (non-hydrogen) atoms. The zero-order chi connectivity index (χ0) is 21.8. The second-order valence-electron chi connectivity index (χ2n) is 8.73. The molecule has 2 fully saturated rings. The molecule has 0 aliphatic carbocycles. The van der Waals surface area contributed by atoms with E-state index in [-0.39, 0.29) is 23.6 Å². The highest BCUT2D eigenvalue weighted by Gasteiger charge is 2.31. The Balaban J connectivity index is 1.40. The number of hydrogen-bond donors (Lipinski definition) is 1. The number of amides is 3. The van der Waals surface area contributed by atoms with E-state index in [0.717, 1.165) is 56.0 Å². The summed E-state index contributed by atoms with van der Waals surface area (Å²) in [6.45, 7) is 4.34. The Morgan fingerprint density at radius 3 is 2.42 bits per heavy atom. The lowest BCUT2D eigenvalue weighted by molar-refractivity contribution is -0.138. The molecule has 0 bridgehead atoms. The van der Waals surface area contributed by atoms with Crippen LogP contribution in [-0.4, -0.2) is 59.7 Å². The van der Waals surface area contributed by atoms with Gasteiger partial charge in [-0.05, 0) is 55.9 Å². The molecular weight excluding hydrogens is 390 g/mol. The van der Waals surface area contributed by atoms with Crippen LogP contribution >= 0.6 is 0 Å². The summed E-state index contributed by atoms with van der Waals surface area (Å²) in [4.78, 5) is 42.4. The van der Waals surface area contributed by atoms with E-state index in [1.807, 2.05) is 47.4 Å². The zero-order valence-corrected chi connectivity index (χ0v) is 18.2. The van der Waals surface area contributed by atoms with Crippen LogP contribution in [-0.2, 0) is 9.59 Å². The van der Waals surface area contributed by atoms with Gasteiger partial charge < -0.3 is 15.1 Å². The van der Waals surface area contributed by atoms with Crippen LogP contribution in [0.3, 0.4) is 0 Å². The summed E-state index contributed by atoms with van der Waals surface area (Å²) in [5.74, 6) is -0.461. The molecule has 0 saturated carbocycles. The largest absolute Gasteiger partial charge is 0.344 e. The van der Waals surface area contributed by atoms with E-state index in [4.69, 9.17) is 0 Å². The van der Waals surface area contributed by atoms with Crippen molar-refractivity contribution in [1.29, 1.82) is 0 Å². The van der Waals surface area contributed by atoms with Crippen molar-refractivity contribution >= 4 is 28.5 Å². The minimum Gasteiger partial charge on any atom is -0.344 e. The molecule has 3 amide bonds. The normalized spacial score (nSPS) is 20.4. The second kappa shape index (κ2) is 9.50. The fourth-order valence-corrected chi connectivity index (χ4v) is 4.74. The average Bonchev–Trinajstić information content (AvgIpc) is 2.83. The van der Waals surface area contributed by atoms with Crippen molar-refractivity contribution in [3.8, 4) is 0 Å². The highest BCUT2D eigenvalue weighted by molar-refractivity contribution is 6.07. The molecule has 0 radical (unpaired) electrons. The van der Waals surface area contributed by atoms with Gasteiger partial charge in [0, 0.05) is 31.7 Å². The molecule has 0 aromatic heterocycles. The number of piperidine rings is 2. The van der Waals surface area contributed by atoms with Crippen LogP contribution in [0.5, 0.6) is 0 Å². The van der Waals surface area contributed by atoms with Gasteiger partial charge in [0.05, 0.1) is 5.92 Å². The molecule has 1 N–H and O–H groups in total. The molecule has 4 rings (SSSR count). The Bertz CT molecular complexity index is 962. The quantitative estimate of drug-likeness (QED) is 0.824. The molecule has 0 spiro atoms. The van der Waals surface area contributed by atoms with E-state index in [0.29, 0.717) is 18.7 Å². The third-order valence-electron chi connectivity index (χ3n) is 6.50. The molecule has 2 aromatic carbocycles. The molecule has 2 aliphatic rings. The maximum Gasteiger partial charge on any atom is 0.254 e. The lowest BCUT2D eigenvalue weighted by Gasteiger charge is -2.34. The first-order valence-electron chi connectivity index (χ1n) is 11.4. The van der Waals surface area contributed by atoms with Crippen molar-refractivity contribution in [2.75, 3.05) is 26.2 Å². The molecule has 164 valence electrons. The summed E-state index contributed by atoms with van der Waals surface area (Å²) in [5.41, 5.74) is 0.674. The van der Waals surface area contributed by atoms with E-state index in [1.165, 1.54) is 0 Å². The first-order valence-corrected chi connectivity index (χ1v) is 11.4. The summed E-state index contributed by atoms with van der Waals surface area (Å²) in [6.07, 6.45) is 4.73. The van der Waals surface area contributed by atoms with E-state index in [9.17, 15) is 14.4 Å². The van der Waals surface area contributed by atoms with Gasteiger partial charge in [0.25, 0.3) is 5.91 Å². The number of carbonyl (C=O) groups is 3. The third-order valence-corrected chi connectivity index (χ3v) is 6.50. The van der Waals surface area contributed by atoms with Gasteiger partial charge in [0.15, 0.2) is 0 Å². The van der Waals surface area contributed by atoms with Gasteiger partial charge in [-0.3, -0.25) is 14.4 Å². The van der Waals surface area contributed by atoms with Crippen molar-refractivity contribution in [2.24, 2.45) is 5.92 Å². The fraction of sp³-hybridized carbons (Fsp3) is 0.480. The molecule has 2 saturated heterocycles. The van der Waals surface area contributed by atoms with Gasteiger partial charge in [0.2, 0.25) is 11.8 Å². The van der Waals surface area contributed by atoms with Gasteiger partial charge in [-0.2, -0.15) is 0 Å². The number of benzene rings is 2. The predicted octanol–water partition coefficient (Wildman–Crippen LogP) is 3.21. The number of rotatable bonds is 4. The Labute approximate surface area is 183 Å². The summed E-state index contributed by atoms with van der Waals surface area (Å²) < 4.78 is 0. The molecule has 2 atom stereocenters. The Morgan fingerprint density at radius 1 is 0.903 bits per heavy atom. The molecule has 2 aromatic rings. The number of likely N-dealkylation sites (tertiary alicyclic amines) is 2. The third kappa shape index (κ3) is 4.73. The first kappa shape index (κ1) is 21.3. The van der Waals surface area contributed by atoms with E-state index in [1.54, 1.807) is 11.8 Å². The summed E-state index contributed by atoms with van der Waals surface area (Å²) >= 11 is 0. The van der Waals surface area contributed by atoms with Crippen molar-refractivity contribution in [2.45, 2.75) is 45.1 Å². The van der Waals surface area contributed by atoms with Crippen LogP contribution in [0, 0.1) is 5.92 Å². The van der Waals surface area contributed by atoms with E-state index >= 15 is 0 Å². The number of nitrogens with one attached hydrogen (secondary N) is 1. The number of hydrogen-bond acceptors (Lipinski definition) is 3. The Kier molecular flexibility index (Phi) is 6.54. The first-order chi connectivity index (χ1) is 15.0. The molecular formula is C25H31N3O3. The van der Waals surface area contributed by atoms with Crippen LogP contribution in [0.15, 0.2) is 42.5 Å². The second-order valence-corrected chi connectivity index (χ2v) is 8.73. The standard InChI is InChI=1S/C25H31N3O3/c1-18(24(30)27-14-5-2-6-15-27)26-23(29)20-11-8-16-28(17-20)25(31)22-13-7-10-19-9-3-4-12-21(19)22/h3-4,7,9-10,12-13,18,20H,2,5-6,8,11,14-17H2,1H3,(H,26,29)/t18-,20?/m0/s1. The minimum atomic E-state index is -0.533. The van der Waals surface area contributed by atoms with Crippen molar-refractivity contribution < 1.29 is 14.4 Å².